The van der Waals surface area contributed by atoms with E-state index in [4.69, 9.17) is 4.74 Å². The standard InChI is InChI=1S/C11H14N4O2/c16-10-5-1-3-9(7-10)4-2-6-17-8-11-12-14-15-13-11/h1,3,5,7,16H,2,4,6,8H2,(H,12,13,14,15). The molecule has 2 rings (SSSR count). The topological polar surface area (TPSA) is 83.9 Å². The van der Waals surface area contributed by atoms with Gasteiger partial charge in [-0.15, -0.1) is 10.2 Å². The lowest BCUT2D eigenvalue weighted by molar-refractivity contribution is 0.113. The minimum atomic E-state index is 0.301. The van der Waals surface area contributed by atoms with Crippen LogP contribution in [0.4, 0.5) is 0 Å². The molecular weight excluding hydrogens is 220 g/mol. The Morgan fingerprint density at radius 1 is 1.35 bits per heavy atom. The third-order valence-corrected chi connectivity index (χ3v) is 2.29. The Balaban J connectivity index is 1.63. The fourth-order valence-corrected chi connectivity index (χ4v) is 1.50. The number of ether oxygens (including phenoxy) is 1. The number of aryl methyl sites for hydroxylation is 1. The molecule has 0 fully saturated rings. The molecule has 6 nitrogen and oxygen atoms in total. The van der Waals surface area contributed by atoms with Gasteiger partial charge < -0.3 is 9.84 Å². The highest BCUT2D eigenvalue weighted by Crippen LogP contribution is 2.12. The lowest BCUT2D eigenvalue weighted by Gasteiger charge is -2.02. The van der Waals surface area contributed by atoms with Crippen LogP contribution < -0.4 is 0 Å². The van der Waals surface area contributed by atoms with E-state index >= 15 is 0 Å². The molecule has 17 heavy (non-hydrogen) atoms. The van der Waals surface area contributed by atoms with Gasteiger partial charge in [0, 0.05) is 6.61 Å². The molecule has 0 bridgehead atoms. The summed E-state index contributed by atoms with van der Waals surface area (Å²) in [5, 5.41) is 22.6. The van der Waals surface area contributed by atoms with Crippen molar-refractivity contribution in [2.45, 2.75) is 19.4 Å². The normalized spacial score (nSPS) is 10.6. The number of aromatic nitrogens is 4. The van der Waals surface area contributed by atoms with Gasteiger partial charge in [-0.3, -0.25) is 0 Å². The highest BCUT2D eigenvalue weighted by Gasteiger charge is 1.98. The van der Waals surface area contributed by atoms with Crippen LogP contribution in [0.1, 0.15) is 17.8 Å². The smallest absolute Gasteiger partial charge is 0.200 e. The van der Waals surface area contributed by atoms with Crippen LogP contribution >= 0.6 is 0 Å². The fraction of sp³-hybridized carbons (Fsp3) is 0.364. The van der Waals surface area contributed by atoms with E-state index in [2.05, 4.69) is 20.6 Å². The first-order valence-electron chi connectivity index (χ1n) is 5.42. The predicted molar refractivity (Wildman–Crippen MR) is 60.3 cm³/mol. The number of nitrogens with zero attached hydrogens (tertiary/aromatic N) is 3. The van der Waals surface area contributed by atoms with Crippen LogP contribution in [0.3, 0.4) is 0 Å². The molecular formula is C11H14N4O2. The van der Waals surface area contributed by atoms with Gasteiger partial charge in [0.15, 0.2) is 5.82 Å². The van der Waals surface area contributed by atoms with Crippen molar-refractivity contribution < 1.29 is 9.84 Å². The van der Waals surface area contributed by atoms with Crippen LogP contribution in [-0.2, 0) is 17.8 Å². The maximum atomic E-state index is 9.28. The van der Waals surface area contributed by atoms with Gasteiger partial charge in [-0.1, -0.05) is 17.3 Å². The molecule has 6 heteroatoms. The number of hydrogen-bond donors (Lipinski definition) is 2. The first-order valence-corrected chi connectivity index (χ1v) is 5.42. The summed E-state index contributed by atoms with van der Waals surface area (Å²) >= 11 is 0. The zero-order valence-electron chi connectivity index (χ0n) is 9.33. The molecule has 1 aromatic heterocycles. The van der Waals surface area contributed by atoms with Crippen molar-refractivity contribution in [2.75, 3.05) is 6.61 Å². The summed E-state index contributed by atoms with van der Waals surface area (Å²) in [6.07, 6.45) is 1.77. The van der Waals surface area contributed by atoms with Crippen LogP contribution in [0.2, 0.25) is 0 Å². The second-order valence-electron chi connectivity index (χ2n) is 3.65. The number of aromatic amines is 1. The van der Waals surface area contributed by atoms with Crippen molar-refractivity contribution in [1.29, 1.82) is 0 Å². The Morgan fingerprint density at radius 2 is 2.29 bits per heavy atom. The molecule has 1 heterocycles. The molecule has 0 radical (unpaired) electrons. The molecule has 0 atom stereocenters. The minimum Gasteiger partial charge on any atom is -0.508 e. The molecule has 0 aliphatic carbocycles. The zero-order chi connectivity index (χ0) is 11.9. The molecule has 1 aromatic carbocycles. The highest BCUT2D eigenvalue weighted by molar-refractivity contribution is 5.27. The van der Waals surface area contributed by atoms with Crippen molar-refractivity contribution in [3.8, 4) is 5.75 Å². The van der Waals surface area contributed by atoms with E-state index < -0.39 is 0 Å². The number of phenolic OH excluding ortho intramolecular Hbond substituents is 1. The Kier molecular flexibility index (Phi) is 4.04. The van der Waals surface area contributed by atoms with Crippen molar-refractivity contribution in [1.82, 2.24) is 20.6 Å². The maximum absolute atomic E-state index is 9.28. The molecule has 2 aromatic rings. The highest BCUT2D eigenvalue weighted by atomic mass is 16.5. The molecule has 0 saturated heterocycles. The van der Waals surface area contributed by atoms with E-state index in [1.165, 1.54) is 0 Å². The summed E-state index contributed by atoms with van der Waals surface area (Å²) < 4.78 is 5.38. The number of nitrogens with one attached hydrogen (secondary N) is 1. The number of H-pyrrole nitrogens is 1. The molecule has 0 unspecified atom stereocenters. The Morgan fingerprint density at radius 3 is 3.06 bits per heavy atom. The number of tetrazole rings is 1. The number of benzene rings is 1. The summed E-state index contributed by atoms with van der Waals surface area (Å²) in [6, 6.07) is 7.25. The fourth-order valence-electron chi connectivity index (χ4n) is 1.50. The van der Waals surface area contributed by atoms with Crippen LogP contribution in [0.15, 0.2) is 24.3 Å². The van der Waals surface area contributed by atoms with Crippen LogP contribution in [-0.4, -0.2) is 32.3 Å². The molecule has 0 aliphatic rings. The van der Waals surface area contributed by atoms with Crippen molar-refractivity contribution in [2.24, 2.45) is 0 Å². The van der Waals surface area contributed by atoms with Gasteiger partial charge in [-0.2, -0.15) is 5.21 Å². The lowest BCUT2D eigenvalue weighted by Crippen LogP contribution is -1.99. The molecule has 0 amide bonds. The average Bonchev–Trinajstić information content (AvgIpc) is 2.82. The quantitative estimate of drug-likeness (QED) is 0.730. The molecule has 2 N–H and O–H groups in total. The van der Waals surface area contributed by atoms with Gasteiger partial charge >= 0.3 is 0 Å². The van der Waals surface area contributed by atoms with Crippen molar-refractivity contribution >= 4 is 0 Å². The van der Waals surface area contributed by atoms with Gasteiger partial charge in [0.1, 0.15) is 12.4 Å². The first-order chi connectivity index (χ1) is 8.34. The Hall–Kier alpha value is -1.95. The minimum absolute atomic E-state index is 0.301. The second-order valence-corrected chi connectivity index (χ2v) is 3.65. The maximum Gasteiger partial charge on any atom is 0.200 e. The van der Waals surface area contributed by atoms with E-state index in [9.17, 15) is 5.11 Å². The third kappa shape index (κ3) is 3.84. The Labute approximate surface area is 98.6 Å². The van der Waals surface area contributed by atoms with Crippen LogP contribution in [0.5, 0.6) is 5.75 Å². The SMILES string of the molecule is Oc1cccc(CCCOCc2nn[nH]n2)c1. The van der Waals surface area contributed by atoms with Crippen molar-refractivity contribution in [3.63, 3.8) is 0 Å². The molecule has 0 spiro atoms. The Bertz CT molecular complexity index is 444. The van der Waals surface area contributed by atoms with Gasteiger partial charge in [0.2, 0.25) is 0 Å². The molecule has 0 saturated carbocycles. The molecule has 0 aliphatic heterocycles. The van der Waals surface area contributed by atoms with Gasteiger partial charge in [-0.05, 0) is 30.5 Å². The zero-order valence-corrected chi connectivity index (χ0v) is 9.33. The van der Waals surface area contributed by atoms with E-state index in [0.29, 0.717) is 24.8 Å². The second kappa shape index (κ2) is 5.95. The summed E-state index contributed by atoms with van der Waals surface area (Å²) in [5.41, 5.74) is 1.10. The van der Waals surface area contributed by atoms with E-state index in [1.807, 2.05) is 12.1 Å². The van der Waals surface area contributed by atoms with E-state index in [-0.39, 0.29) is 0 Å². The number of rotatable bonds is 6. The van der Waals surface area contributed by atoms with Crippen LogP contribution in [0, 0.1) is 0 Å². The van der Waals surface area contributed by atoms with Gasteiger partial charge in [0.25, 0.3) is 0 Å². The molecule has 90 valence electrons. The van der Waals surface area contributed by atoms with E-state index in [1.54, 1.807) is 12.1 Å². The van der Waals surface area contributed by atoms with E-state index in [0.717, 1.165) is 18.4 Å². The third-order valence-electron chi connectivity index (χ3n) is 2.29. The number of aromatic hydroxyl groups is 1. The lowest BCUT2D eigenvalue weighted by atomic mass is 10.1. The predicted octanol–water partition coefficient (Wildman–Crippen LogP) is 1.05. The number of phenols is 1. The summed E-state index contributed by atoms with van der Waals surface area (Å²) in [6.45, 7) is 1.00. The summed E-state index contributed by atoms with van der Waals surface area (Å²) in [7, 11) is 0. The van der Waals surface area contributed by atoms with Crippen LogP contribution in [0.25, 0.3) is 0 Å². The first kappa shape index (κ1) is 11.5. The number of hydrogen-bond acceptors (Lipinski definition) is 5. The van der Waals surface area contributed by atoms with Gasteiger partial charge in [0.05, 0.1) is 0 Å². The van der Waals surface area contributed by atoms with Crippen molar-refractivity contribution in [3.05, 3.63) is 35.7 Å². The average molecular weight is 234 g/mol. The summed E-state index contributed by atoms with van der Waals surface area (Å²) in [4.78, 5) is 0. The monoisotopic (exact) mass is 234 g/mol. The largest absolute Gasteiger partial charge is 0.508 e. The van der Waals surface area contributed by atoms with Gasteiger partial charge in [-0.25, -0.2) is 0 Å². The summed E-state index contributed by atoms with van der Waals surface area (Å²) in [5.74, 6) is 0.859.